The minimum atomic E-state index is -1.15. The van der Waals surface area contributed by atoms with Crippen LogP contribution in [0.5, 0.6) is 0 Å². The molecule has 1 heterocycles. The molecule has 2 amide bonds. The highest BCUT2D eigenvalue weighted by molar-refractivity contribution is 6.00. The molecule has 0 atom stereocenters. The van der Waals surface area contributed by atoms with Crippen LogP contribution in [0.25, 0.3) is 0 Å². The van der Waals surface area contributed by atoms with Gasteiger partial charge >= 0.3 is 12.0 Å². The van der Waals surface area contributed by atoms with Crippen LogP contribution in [-0.2, 0) is 4.74 Å². The molecule has 1 aromatic heterocycles. The Kier molecular flexibility index (Phi) is 3.14. The molecule has 1 N–H and O–H groups in total. The van der Waals surface area contributed by atoms with Crippen molar-refractivity contribution in [2.75, 3.05) is 7.11 Å². The number of aromatic nitrogens is 1. The summed E-state index contributed by atoms with van der Waals surface area (Å²) in [6.07, 6.45) is 0.221. The predicted molar refractivity (Wildman–Crippen MR) is 44.6 cm³/mol. The maximum absolute atomic E-state index is 11.3. The summed E-state index contributed by atoms with van der Waals surface area (Å²) in [6.45, 7) is 0. The van der Waals surface area contributed by atoms with Gasteiger partial charge in [-0.3, -0.25) is 15.0 Å². The molecule has 0 aliphatic heterocycles. The fraction of sp³-hybridized carbons (Fsp3) is 0.125. The van der Waals surface area contributed by atoms with Gasteiger partial charge in [0, 0.05) is 6.20 Å². The molecule has 0 aromatic carbocycles. The molecule has 1 rings (SSSR count). The predicted octanol–water partition coefficient (Wildman–Crippen LogP) is 0.679. The summed E-state index contributed by atoms with van der Waals surface area (Å²) in [5.41, 5.74) is -0.0413. The molecule has 6 nitrogen and oxygen atoms in total. The van der Waals surface area contributed by atoms with E-state index in [1.165, 1.54) is 12.3 Å². The molecule has 1 aromatic rings. The lowest BCUT2D eigenvalue weighted by Gasteiger charge is -2.09. The van der Waals surface area contributed by atoms with Crippen LogP contribution in [0.2, 0.25) is 0 Å². The van der Waals surface area contributed by atoms with Gasteiger partial charge in [0.2, 0.25) is 0 Å². The molecule has 0 aliphatic carbocycles. The summed E-state index contributed by atoms with van der Waals surface area (Å²) in [6, 6.07) is 4.54. The number of nitrogens with zero attached hydrogens (tertiary/aromatic N) is 2. The number of methoxy groups -OCH3 is 1. The van der Waals surface area contributed by atoms with Crippen molar-refractivity contribution in [2.24, 2.45) is 0 Å². The molecule has 0 saturated heterocycles. The molecule has 0 fully saturated rings. The van der Waals surface area contributed by atoms with Crippen LogP contribution in [0.1, 0.15) is 10.5 Å². The summed E-state index contributed by atoms with van der Waals surface area (Å²) >= 11 is 0. The number of hydroxylamine groups is 2. The van der Waals surface area contributed by atoms with E-state index >= 15 is 0 Å². The minimum absolute atomic E-state index is 0.0413. The lowest BCUT2D eigenvalue weighted by molar-refractivity contribution is -0.0450. The lowest BCUT2D eigenvalue weighted by atomic mass is 10.3. The van der Waals surface area contributed by atoms with Crippen molar-refractivity contribution in [3.63, 3.8) is 0 Å². The van der Waals surface area contributed by atoms with Crippen molar-refractivity contribution in [3.05, 3.63) is 30.1 Å². The van der Waals surface area contributed by atoms with Gasteiger partial charge in [-0.15, -0.1) is 5.06 Å². The number of amides is 2. The highest BCUT2D eigenvalue weighted by atomic mass is 16.6. The lowest BCUT2D eigenvalue weighted by Crippen LogP contribution is -2.34. The van der Waals surface area contributed by atoms with Crippen molar-refractivity contribution in [3.8, 4) is 0 Å². The third-order valence-electron chi connectivity index (χ3n) is 1.42. The van der Waals surface area contributed by atoms with Gasteiger partial charge in [-0.1, -0.05) is 6.07 Å². The zero-order chi connectivity index (χ0) is 10.6. The Bertz CT molecular complexity index is 338. The van der Waals surface area contributed by atoms with Crippen molar-refractivity contribution in [1.82, 2.24) is 10.0 Å². The number of carbonyl (C=O) groups is 2. The Morgan fingerprint density at radius 3 is 2.71 bits per heavy atom. The molecule has 0 radical (unpaired) electrons. The van der Waals surface area contributed by atoms with Crippen LogP contribution >= 0.6 is 0 Å². The standard InChI is InChI=1S/C8H8N2O4/c1-14-8(12)10(13)7(11)6-4-2-3-5-9-6/h2-5,13H,1H3. The van der Waals surface area contributed by atoms with Gasteiger partial charge in [0.1, 0.15) is 5.69 Å². The van der Waals surface area contributed by atoms with Crippen LogP contribution in [0, 0.1) is 0 Å². The number of rotatable bonds is 1. The monoisotopic (exact) mass is 196 g/mol. The van der Waals surface area contributed by atoms with Crippen LogP contribution in [0.3, 0.4) is 0 Å². The maximum atomic E-state index is 11.3. The molecule has 0 aliphatic rings. The number of hydrogen-bond acceptors (Lipinski definition) is 5. The number of carbonyl (C=O) groups excluding carboxylic acids is 2. The molecule has 0 saturated carbocycles. The maximum Gasteiger partial charge on any atom is 0.441 e. The summed E-state index contributed by atoms with van der Waals surface area (Å²) in [5.74, 6) is -0.933. The molecule has 74 valence electrons. The highest BCUT2D eigenvalue weighted by Crippen LogP contribution is 2.00. The quantitative estimate of drug-likeness (QED) is 0.527. The van der Waals surface area contributed by atoms with Gasteiger partial charge in [0.25, 0.3) is 0 Å². The normalized spacial score (nSPS) is 9.29. The number of pyridine rings is 1. The summed E-state index contributed by atoms with van der Waals surface area (Å²) in [4.78, 5) is 25.6. The summed E-state index contributed by atoms with van der Waals surface area (Å²) in [5, 5.41) is 8.87. The molecule has 14 heavy (non-hydrogen) atoms. The Morgan fingerprint density at radius 1 is 1.50 bits per heavy atom. The number of ether oxygens (including phenoxy) is 1. The van der Waals surface area contributed by atoms with E-state index in [9.17, 15) is 9.59 Å². The first-order valence-corrected chi connectivity index (χ1v) is 3.69. The van der Waals surface area contributed by atoms with Crippen LogP contribution in [0.4, 0.5) is 4.79 Å². The van der Waals surface area contributed by atoms with Gasteiger partial charge in [0.15, 0.2) is 0 Å². The van der Waals surface area contributed by atoms with E-state index in [0.29, 0.717) is 0 Å². The van der Waals surface area contributed by atoms with Gasteiger partial charge in [-0.2, -0.15) is 0 Å². The number of hydrogen-bond donors (Lipinski definition) is 1. The molecule has 0 unspecified atom stereocenters. The van der Waals surface area contributed by atoms with Crippen LogP contribution < -0.4 is 0 Å². The third kappa shape index (κ3) is 2.05. The molecule has 0 spiro atoms. The van der Waals surface area contributed by atoms with Gasteiger partial charge in [-0.05, 0) is 12.1 Å². The minimum Gasteiger partial charge on any atom is -0.451 e. The van der Waals surface area contributed by atoms with Crippen LogP contribution in [0.15, 0.2) is 24.4 Å². The zero-order valence-corrected chi connectivity index (χ0v) is 7.38. The molecule has 0 bridgehead atoms. The van der Waals surface area contributed by atoms with Crippen molar-refractivity contribution < 1.29 is 19.5 Å². The van der Waals surface area contributed by atoms with Crippen molar-refractivity contribution >= 4 is 12.0 Å². The van der Waals surface area contributed by atoms with Gasteiger partial charge in [0.05, 0.1) is 7.11 Å². The summed E-state index contributed by atoms with van der Waals surface area (Å²) in [7, 11) is 1.05. The van der Waals surface area contributed by atoms with E-state index < -0.39 is 12.0 Å². The van der Waals surface area contributed by atoms with E-state index in [1.807, 2.05) is 0 Å². The first-order valence-electron chi connectivity index (χ1n) is 3.69. The van der Waals surface area contributed by atoms with Gasteiger partial charge in [-0.25, -0.2) is 4.79 Å². The Hall–Kier alpha value is -1.95. The van der Waals surface area contributed by atoms with E-state index in [0.717, 1.165) is 7.11 Å². The molecular weight excluding hydrogens is 188 g/mol. The Labute approximate surface area is 79.7 Å². The summed E-state index contributed by atoms with van der Waals surface area (Å²) < 4.78 is 4.14. The number of imide groups is 1. The second-order valence-corrected chi connectivity index (χ2v) is 2.30. The topological polar surface area (TPSA) is 79.7 Å². The van der Waals surface area contributed by atoms with Gasteiger partial charge < -0.3 is 4.74 Å². The fourth-order valence-electron chi connectivity index (χ4n) is 0.767. The van der Waals surface area contributed by atoms with Crippen molar-refractivity contribution in [2.45, 2.75) is 0 Å². The van der Waals surface area contributed by atoms with E-state index in [4.69, 9.17) is 5.21 Å². The first kappa shape index (κ1) is 10.1. The zero-order valence-electron chi connectivity index (χ0n) is 7.38. The second kappa shape index (κ2) is 4.33. The largest absolute Gasteiger partial charge is 0.451 e. The molecular formula is C8H8N2O4. The SMILES string of the molecule is COC(=O)N(O)C(=O)c1ccccn1. The van der Waals surface area contributed by atoms with E-state index in [2.05, 4.69) is 9.72 Å². The second-order valence-electron chi connectivity index (χ2n) is 2.30. The first-order chi connectivity index (χ1) is 6.66. The molecule has 6 heteroatoms. The van der Waals surface area contributed by atoms with E-state index in [-0.39, 0.29) is 10.8 Å². The smallest absolute Gasteiger partial charge is 0.441 e. The fourth-order valence-corrected chi connectivity index (χ4v) is 0.767. The van der Waals surface area contributed by atoms with Crippen molar-refractivity contribution in [1.29, 1.82) is 0 Å². The average Bonchev–Trinajstić information content (AvgIpc) is 2.27. The average molecular weight is 196 g/mol. The Morgan fingerprint density at radius 2 is 2.21 bits per heavy atom. The van der Waals surface area contributed by atoms with Crippen LogP contribution in [-0.4, -0.2) is 34.4 Å². The Balaban J connectivity index is 2.81. The van der Waals surface area contributed by atoms with E-state index in [1.54, 1.807) is 12.1 Å². The highest BCUT2D eigenvalue weighted by Gasteiger charge is 2.22. The third-order valence-corrected chi connectivity index (χ3v) is 1.42.